The molecule has 0 aliphatic heterocycles. The lowest BCUT2D eigenvalue weighted by atomic mass is 10.0. The number of anilines is 1. The second-order valence-electron chi connectivity index (χ2n) is 7.67. The van der Waals surface area contributed by atoms with Crippen LogP contribution in [0.2, 0.25) is 0 Å². The lowest BCUT2D eigenvalue weighted by molar-refractivity contribution is -0.119. The number of hydrogen-bond donors (Lipinski definition) is 1. The summed E-state index contributed by atoms with van der Waals surface area (Å²) in [7, 11) is 2.96. The third-order valence-corrected chi connectivity index (χ3v) is 5.33. The fourth-order valence-corrected chi connectivity index (χ4v) is 3.61. The highest BCUT2D eigenvalue weighted by atomic mass is 19.3. The van der Waals surface area contributed by atoms with Crippen LogP contribution in [0.4, 0.5) is 14.5 Å². The molecule has 0 spiro atoms. The van der Waals surface area contributed by atoms with Gasteiger partial charge < -0.3 is 24.3 Å². The molecule has 1 N–H and O–H groups in total. The number of ether oxygens (including phenoxy) is 4. The molecular weight excluding hydrogens is 486 g/mol. The quantitative estimate of drug-likeness (QED) is 0.306. The molecule has 0 aliphatic rings. The van der Waals surface area contributed by atoms with Gasteiger partial charge in [-0.15, -0.1) is 0 Å². The van der Waals surface area contributed by atoms with Gasteiger partial charge in [0.15, 0.2) is 6.61 Å². The molecule has 0 fully saturated rings. The van der Waals surface area contributed by atoms with Crippen LogP contribution in [0.3, 0.4) is 0 Å². The number of pyridine rings is 1. The van der Waals surface area contributed by atoms with Crippen molar-refractivity contribution in [1.82, 2.24) is 4.98 Å². The van der Waals surface area contributed by atoms with E-state index >= 15 is 0 Å². The summed E-state index contributed by atoms with van der Waals surface area (Å²) in [6, 6.07) is 19.3. The molecule has 0 unspecified atom stereocenters. The predicted molar refractivity (Wildman–Crippen MR) is 132 cm³/mol. The zero-order valence-electron chi connectivity index (χ0n) is 19.9. The van der Waals surface area contributed by atoms with Gasteiger partial charge in [0.1, 0.15) is 17.2 Å². The van der Waals surface area contributed by atoms with Crippen molar-refractivity contribution in [3.8, 4) is 28.5 Å². The van der Waals surface area contributed by atoms with E-state index in [0.717, 1.165) is 0 Å². The fraction of sp³-hybridized carbons (Fsp3) is 0.148. The zero-order valence-corrected chi connectivity index (χ0v) is 19.9. The number of rotatable bonds is 9. The lowest BCUT2D eigenvalue weighted by Crippen LogP contribution is -2.21. The summed E-state index contributed by atoms with van der Waals surface area (Å²) in [6.07, 6.45) is 0. The molecule has 0 aliphatic carbocycles. The summed E-state index contributed by atoms with van der Waals surface area (Å²) >= 11 is 0. The largest absolute Gasteiger partial charge is 0.497 e. The summed E-state index contributed by atoms with van der Waals surface area (Å²) in [5.41, 5.74) is 2.06. The standard InChI is InChI=1S/C27H22F2N2O6/c1-34-18-11-12-24(35-2)23(13-18)31-25(32)15-36-26(33)20-14-22(30-21-6-4-3-5-19(20)21)16-7-9-17(10-8-16)37-27(28)29/h3-14,27H,15H2,1-2H3,(H,31,32). The molecule has 37 heavy (non-hydrogen) atoms. The molecule has 190 valence electrons. The zero-order chi connectivity index (χ0) is 26.4. The molecule has 1 heterocycles. The molecule has 0 bridgehead atoms. The number of para-hydroxylation sites is 1. The number of amides is 1. The number of aromatic nitrogens is 1. The van der Waals surface area contributed by atoms with Crippen molar-refractivity contribution >= 4 is 28.5 Å². The number of halogens is 2. The van der Waals surface area contributed by atoms with Gasteiger partial charge in [0.25, 0.3) is 5.91 Å². The van der Waals surface area contributed by atoms with Gasteiger partial charge in [-0.2, -0.15) is 8.78 Å². The number of nitrogens with one attached hydrogen (secondary N) is 1. The average molecular weight is 508 g/mol. The second-order valence-corrected chi connectivity index (χ2v) is 7.67. The number of nitrogens with zero attached hydrogens (tertiary/aromatic N) is 1. The van der Waals surface area contributed by atoms with Gasteiger partial charge >= 0.3 is 12.6 Å². The topological polar surface area (TPSA) is 96.0 Å². The summed E-state index contributed by atoms with van der Waals surface area (Å²) in [5, 5.41) is 3.17. The van der Waals surface area contributed by atoms with Crippen molar-refractivity contribution in [2.45, 2.75) is 6.61 Å². The Morgan fingerprint density at radius 2 is 1.65 bits per heavy atom. The Labute approximate surface area is 210 Å². The third-order valence-electron chi connectivity index (χ3n) is 5.33. The van der Waals surface area contributed by atoms with Crippen LogP contribution in [0.5, 0.6) is 17.2 Å². The maximum absolute atomic E-state index is 13.0. The first-order valence-electron chi connectivity index (χ1n) is 11.0. The van der Waals surface area contributed by atoms with Gasteiger partial charge in [0.2, 0.25) is 0 Å². The SMILES string of the molecule is COc1ccc(OC)c(NC(=O)COC(=O)c2cc(-c3ccc(OC(F)F)cc3)nc3ccccc23)c1. The first kappa shape index (κ1) is 25.4. The predicted octanol–water partition coefficient (Wildman–Crippen LogP) is 5.32. The molecule has 0 atom stereocenters. The van der Waals surface area contributed by atoms with Crippen molar-refractivity contribution in [1.29, 1.82) is 0 Å². The van der Waals surface area contributed by atoms with Crippen LogP contribution in [0.15, 0.2) is 72.8 Å². The minimum Gasteiger partial charge on any atom is -0.497 e. The maximum Gasteiger partial charge on any atom is 0.387 e. The highest BCUT2D eigenvalue weighted by molar-refractivity contribution is 6.05. The number of carbonyl (C=O) groups is 2. The number of fused-ring (bicyclic) bond motifs is 1. The van der Waals surface area contributed by atoms with Gasteiger partial charge in [0.05, 0.1) is 36.7 Å². The van der Waals surface area contributed by atoms with Crippen LogP contribution >= 0.6 is 0 Å². The highest BCUT2D eigenvalue weighted by Gasteiger charge is 2.18. The average Bonchev–Trinajstić information content (AvgIpc) is 2.91. The van der Waals surface area contributed by atoms with Gasteiger partial charge in [-0.25, -0.2) is 9.78 Å². The van der Waals surface area contributed by atoms with Gasteiger partial charge in [-0.1, -0.05) is 18.2 Å². The molecule has 10 heteroatoms. The Morgan fingerprint density at radius 3 is 2.35 bits per heavy atom. The summed E-state index contributed by atoms with van der Waals surface area (Å²) in [4.78, 5) is 30.1. The van der Waals surface area contributed by atoms with Crippen LogP contribution in [0.1, 0.15) is 10.4 Å². The van der Waals surface area contributed by atoms with Crippen molar-refractivity contribution in [3.05, 3.63) is 78.4 Å². The van der Waals surface area contributed by atoms with Crippen molar-refractivity contribution in [2.24, 2.45) is 0 Å². The normalized spacial score (nSPS) is 10.7. The number of methoxy groups -OCH3 is 2. The maximum atomic E-state index is 13.0. The Balaban J connectivity index is 1.54. The van der Waals surface area contributed by atoms with Crippen molar-refractivity contribution in [3.63, 3.8) is 0 Å². The second kappa shape index (κ2) is 11.3. The highest BCUT2D eigenvalue weighted by Crippen LogP contribution is 2.29. The van der Waals surface area contributed by atoms with Crippen LogP contribution in [-0.4, -0.2) is 44.3 Å². The van der Waals surface area contributed by atoms with E-state index in [1.807, 2.05) is 0 Å². The first-order chi connectivity index (χ1) is 17.9. The van der Waals surface area contributed by atoms with E-state index in [0.29, 0.717) is 39.3 Å². The Kier molecular flexibility index (Phi) is 7.77. The van der Waals surface area contributed by atoms with E-state index in [1.165, 1.54) is 32.4 Å². The van der Waals surface area contributed by atoms with Crippen molar-refractivity contribution in [2.75, 3.05) is 26.1 Å². The molecule has 3 aromatic carbocycles. The van der Waals surface area contributed by atoms with E-state index in [2.05, 4.69) is 15.0 Å². The molecule has 8 nitrogen and oxygen atoms in total. The van der Waals surface area contributed by atoms with E-state index in [1.54, 1.807) is 54.6 Å². The van der Waals surface area contributed by atoms with Gasteiger partial charge in [-0.05, 0) is 48.5 Å². The Morgan fingerprint density at radius 1 is 0.919 bits per heavy atom. The van der Waals surface area contributed by atoms with Crippen LogP contribution in [0.25, 0.3) is 22.2 Å². The summed E-state index contributed by atoms with van der Waals surface area (Å²) in [6.45, 7) is -3.49. The van der Waals surface area contributed by atoms with E-state index in [4.69, 9.17) is 14.2 Å². The molecule has 1 amide bonds. The fourth-order valence-electron chi connectivity index (χ4n) is 3.61. The molecule has 4 aromatic rings. The van der Waals surface area contributed by atoms with Crippen LogP contribution in [0, 0.1) is 0 Å². The van der Waals surface area contributed by atoms with E-state index in [-0.39, 0.29) is 11.3 Å². The van der Waals surface area contributed by atoms with Gasteiger partial charge in [-0.3, -0.25) is 4.79 Å². The Bertz CT molecular complexity index is 1430. The molecule has 1 aromatic heterocycles. The number of carbonyl (C=O) groups excluding carboxylic acids is 2. The third kappa shape index (κ3) is 6.10. The van der Waals surface area contributed by atoms with Crippen LogP contribution in [-0.2, 0) is 9.53 Å². The smallest absolute Gasteiger partial charge is 0.387 e. The number of hydrogen-bond acceptors (Lipinski definition) is 7. The lowest BCUT2D eigenvalue weighted by Gasteiger charge is -2.13. The molecular formula is C27H22F2N2O6. The molecule has 0 saturated carbocycles. The van der Waals surface area contributed by atoms with E-state index < -0.39 is 25.1 Å². The molecule has 0 saturated heterocycles. The molecule has 4 rings (SSSR count). The van der Waals surface area contributed by atoms with Crippen LogP contribution < -0.4 is 19.5 Å². The Hall–Kier alpha value is -4.73. The first-order valence-corrected chi connectivity index (χ1v) is 11.0. The number of benzene rings is 3. The van der Waals surface area contributed by atoms with Crippen molar-refractivity contribution < 1.29 is 37.3 Å². The minimum atomic E-state index is -2.94. The summed E-state index contributed by atoms with van der Waals surface area (Å²) in [5.74, 6) is -0.385. The molecule has 0 radical (unpaired) electrons. The summed E-state index contributed by atoms with van der Waals surface area (Å²) < 4.78 is 45.0. The van der Waals surface area contributed by atoms with Gasteiger partial charge in [0, 0.05) is 17.0 Å². The number of alkyl halides is 2. The number of esters is 1. The monoisotopic (exact) mass is 508 g/mol. The van der Waals surface area contributed by atoms with E-state index in [9.17, 15) is 18.4 Å². The minimum absolute atomic E-state index is 0.00199.